The summed E-state index contributed by atoms with van der Waals surface area (Å²) in [5, 5.41) is 3.69. The molecule has 1 aromatic heterocycles. The number of carbonyl (C=O) groups is 1. The average molecular weight is 571 g/mol. The number of ether oxygens (including phenoxy) is 1. The first-order valence-electron chi connectivity index (χ1n) is 12.3. The van der Waals surface area contributed by atoms with Crippen molar-refractivity contribution < 1.29 is 31.1 Å². The molecule has 0 saturated carbocycles. The number of amides is 1. The van der Waals surface area contributed by atoms with Crippen LogP contribution in [-0.2, 0) is 16.2 Å². The highest BCUT2D eigenvalue weighted by molar-refractivity contribution is 7.89. The number of nitrogens with zero attached hydrogens (tertiary/aromatic N) is 3. The molecule has 12 heteroatoms. The van der Waals surface area contributed by atoms with Crippen molar-refractivity contribution in [1.29, 1.82) is 0 Å². The highest BCUT2D eigenvalue weighted by Gasteiger charge is 2.31. The molecule has 8 nitrogen and oxygen atoms in total. The Kier molecular flexibility index (Phi) is 7.39. The van der Waals surface area contributed by atoms with Crippen LogP contribution in [0.2, 0.25) is 0 Å². The van der Waals surface area contributed by atoms with Gasteiger partial charge in [-0.2, -0.15) is 17.5 Å². The number of hydrogen-bond acceptors (Lipinski definition) is 6. The summed E-state index contributed by atoms with van der Waals surface area (Å²) in [7, 11) is -2.19. The molecular weight excluding hydrogens is 545 g/mol. The smallest absolute Gasteiger partial charge is 0.416 e. The minimum absolute atomic E-state index is 0.166. The summed E-state index contributed by atoms with van der Waals surface area (Å²) < 4.78 is 71.6. The Labute approximate surface area is 229 Å². The largest absolute Gasteiger partial charge is 0.497 e. The number of hydrogen-bond donors (Lipinski definition) is 1. The van der Waals surface area contributed by atoms with Crippen LogP contribution >= 0.6 is 0 Å². The number of anilines is 2. The van der Waals surface area contributed by atoms with Crippen molar-refractivity contribution in [3.63, 3.8) is 0 Å². The Morgan fingerprint density at radius 2 is 1.60 bits per heavy atom. The molecule has 0 bridgehead atoms. The minimum atomic E-state index is -4.46. The molecule has 208 valence electrons. The summed E-state index contributed by atoms with van der Waals surface area (Å²) in [6.07, 6.45) is -3.03. The number of fused-ring (bicyclic) bond motifs is 1. The molecule has 1 fully saturated rings. The van der Waals surface area contributed by atoms with Crippen LogP contribution in [0.15, 0.2) is 83.9 Å². The van der Waals surface area contributed by atoms with Gasteiger partial charge in [-0.05, 0) is 66.7 Å². The van der Waals surface area contributed by atoms with Crippen LogP contribution in [0.4, 0.5) is 24.5 Å². The summed E-state index contributed by atoms with van der Waals surface area (Å²) in [5.41, 5.74) is 1.09. The molecule has 3 aromatic carbocycles. The van der Waals surface area contributed by atoms with Crippen molar-refractivity contribution in [3.05, 3.63) is 90.1 Å². The quantitative estimate of drug-likeness (QED) is 0.345. The molecule has 1 N–H and O–H groups in total. The lowest BCUT2D eigenvalue weighted by Gasteiger charge is -2.34. The number of piperazine rings is 1. The van der Waals surface area contributed by atoms with Gasteiger partial charge in [0, 0.05) is 54.7 Å². The summed E-state index contributed by atoms with van der Waals surface area (Å²) in [5.74, 6) is 0.339. The van der Waals surface area contributed by atoms with E-state index in [9.17, 15) is 26.4 Å². The second-order valence-corrected chi connectivity index (χ2v) is 11.1. The number of alkyl halides is 3. The van der Waals surface area contributed by atoms with E-state index in [1.165, 1.54) is 35.8 Å². The Balaban J connectivity index is 1.23. The van der Waals surface area contributed by atoms with Crippen LogP contribution in [0, 0.1) is 0 Å². The van der Waals surface area contributed by atoms with Gasteiger partial charge in [0.15, 0.2) is 0 Å². The SMILES string of the molecule is COc1ccc(S(=O)(=O)N2CCN(C(=O)c3ccc(Nc4ccnc5cc(C(F)(F)F)ccc45)cc3)CC2)cc1. The number of rotatable bonds is 6. The monoisotopic (exact) mass is 570 g/mol. The molecule has 0 atom stereocenters. The fourth-order valence-corrected chi connectivity index (χ4v) is 5.92. The van der Waals surface area contributed by atoms with Crippen molar-refractivity contribution in [2.45, 2.75) is 11.1 Å². The fraction of sp³-hybridized carbons (Fsp3) is 0.214. The normalized spacial score (nSPS) is 14.8. The zero-order chi connectivity index (χ0) is 28.5. The van der Waals surface area contributed by atoms with E-state index in [0.717, 1.165) is 12.1 Å². The first kappa shape index (κ1) is 27.4. The maximum Gasteiger partial charge on any atom is 0.416 e. The molecule has 1 saturated heterocycles. The lowest BCUT2D eigenvalue weighted by Crippen LogP contribution is -2.50. The molecule has 2 heterocycles. The van der Waals surface area contributed by atoms with Crippen molar-refractivity contribution in [1.82, 2.24) is 14.2 Å². The van der Waals surface area contributed by atoms with Gasteiger partial charge in [-0.1, -0.05) is 6.07 Å². The second kappa shape index (κ2) is 10.8. The third-order valence-corrected chi connectivity index (χ3v) is 8.62. The molecule has 0 aliphatic carbocycles. The van der Waals surface area contributed by atoms with Gasteiger partial charge < -0.3 is 15.0 Å². The second-order valence-electron chi connectivity index (χ2n) is 9.16. The summed E-state index contributed by atoms with van der Waals surface area (Å²) in [4.78, 5) is 18.9. The van der Waals surface area contributed by atoms with E-state index in [1.54, 1.807) is 47.4 Å². The van der Waals surface area contributed by atoms with Gasteiger partial charge in [0.1, 0.15) is 5.75 Å². The van der Waals surface area contributed by atoms with Gasteiger partial charge in [-0.3, -0.25) is 9.78 Å². The molecule has 1 amide bonds. The number of sulfonamides is 1. The van der Waals surface area contributed by atoms with E-state index >= 15 is 0 Å². The molecular formula is C28H25F3N4O4S. The number of nitrogens with one attached hydrogen (secondary N) is 1. The van der Waals surface area contributed by atoms with Crippen molar-refractivity contribution in [2.24, 2.45) is 0 Å². The van der Waals surface area contributed by atoms with Gasteiger partial charge in [0.05, 0.1) is 23.1 Å². The first-order chi connectivity index (χ1) is 19.1. The van der Waals surface area contributed by atoms with Crippen LogP contribution < -0.4 is 10.1 Å². The minimum Gasteiger partial charge on any atom is -0.497 e. The van der Waals surface area contributed by atoms with E-state index < -0.39 is 21.8 Å². The zero-order valence-electron chi connectivity index (χ0n) is 21.4. The van der Waals surface area contributed by atoms with E-state index in [-0.39, 0.29) is 42.5 Å². The standard InChI is InChI=1S/C28H25F3N4O4S/c1-39-22-7-9-23(10-8-22)40(37,38)35-16-14-34(15-17-35)27(36)19-2-5-21(6-3-19)33-25-12-13-32-26-18-20(28(29,30)31)4-11-24(25)26/h2-13,18H,14-17H2,1H3,(H,32,33). The molecule has 4 aromatic rings. The number of methoxy groups -OCH3 is 1. The molecule has 40 heavy (non-hydrogen) atoms. The van der Waals surface area contributed by atoms with Crippen molar-refractivity contribution in [3.8, 4) is 5.75 Å². The summed E-state index contributed by atoms with van der Waals surface area (Å²) in [6, 6.07) is 17.9. The average Bonchev–Trinajstić information content (AvgIpc) is 2.96. The Hall–Kier alpha value is -4.16. The number of aromatic nitrogens is 1. The third-order valence-electron chi connectivity index (χ3n) is 6.70. The van der Waals surface area contributed by atoms with Crippen molar-refractivity contribution in [2.75, 3.05) is 38.6 Å². The van der Waals surface area contributed by atoms with Gasteiger partial charge in [0.25, 0.3) is 5.91 Å². The molecule has 0 unspecified atom stereocenters. The van der Waals surface area contributed by atoms with Crippen LogP contribution in [0.1, 0.15) is 15.9 Å². The molecule has 0 spiro atoms. The van der Waals surface area contributed by atoms with E-state index in [0.29, 0.717) is 28.1 Å². The van der Waals surface area contributed by atoms with Gasteiger partial charge in [0.2, 0.25) is 10.0 Å². The molecule has 1 aliphatic rings. The lowest BCUT2D eigenvalue weighted by atomic mass is 10.1. The Bertz CT molecular complexity index is 1640. The highest BCUT2D eigenvalue weighted by atomic mass is 32.2. The summed E-state index contributed by atoms with van der Waals surface area (Å²) >= 11 is 0. The summed E-state index contributed by atoms with van der Waals surface area (Å²) in [6.45, 7) is 0.837. The molecule has 1 aliphatic heterocycles. The van der Waals surface area contributed by atoms with Crippen LogP contribution in [-0.4, -0.2) is 61.8 Å². The van der Waals surface area contributed by atoms with E-state index in [1.807, 2.05) is 0 Å². The molecule has 5 rings (SSSR count). The first-order valence-corrected chi connectivity index (χ1v) is 13.8. The van der Waals surface area contributed by atoms with Gasteiger partial charge in [-0.25, -0.2) is 8.42 Å². The van der Waals surface area contributed by atoms with Gasteiger partial charge in [-0.15, -0.1) is 0 Å². The lowest BCUT2D eigenvalue weighted by molar-refractivity contribution is -0.137. The van der Waals surface area contributed by atoms with E-state index in [2.05, 4.69) is 10.3 Å². The zero-order valence-corrected chi connectivity index (χ0v) is 22.2. The number of benzene rings is 3. The fourth-order valence-electron chi connectivity index (χ4n) is 4.50. The Morgan fingerprint density at radius 3 is 2.23 bits per heavy atom. The van der Waals surface area contributed by atoms with Crippen LogP contribution in [0.3, 0.4) is 0 Å². The maximum atomic E-state index is 13.1. The molecule has 0 radical (unpaired) electrons. The predicted molar refractivity (Wildman–Crippen MR) is 144 cm³/mol. The topological polar surface area (TPSA) is 91.8 Å². The highest BCUT2D eigenvalue weighted by Crippen LogP contribution is 2.33. The maximum absolute atomic E-state index is 13.1. The number of pyridine rings is 1. The number of carbonyl (C=O) groups excluding carboxylic acids is 1. The third kappa shape index (κ3) is 5.58. The Morgan fingerprint density at radius 1 is 0.925 bits per heavy atom. The van der Waals surface area contributed by atoms with Crippen molar-refractivity contribution >= 4 is 38.2 Å². The van der Waals surface area contributed by atoms with Gasteiger partial charge >= 0.3 is 6.18 Å². The van der Waals surface area contributed by atoms with Crippen LogP contribution in [0.5, 0.6) is 5.75 Å². The van der Waals surface area contributed by atoms with E-state index in [4.69, 9.17) is 4.74 Å². The predicted octanol–water partition coefficient (Wildman–Crippen LogP) is 5.15. The number of halogens is 3. The van der Waals surface area contributed by atoms with Crippen LogP contribution in [0.25, 0.3) is 10.9 Å².